The maximum absolute atomic E-state index is 15.7. The van der Waals surface area contributed by atoms with Crippen LogP contribution in [0.15, 0.2) is 47.9 Å². The highest BCUT2D eigenvalue weighted by atomic mass is 19.1. The molecule has 0 radical (unpaired) electrons. The molecule has 2 atom stereocenters. The lowest BCUT2D eigenvalue weighted by Gasteiger charge is -2.44. The van der Waals surface area contributed by atoms with Gasteiger partial charge in [-0.15, -0.1) is 0 Å². The van der Waals surface area contributed by atoms with Crippen molar-refractivity contribution >= 4 is 29.5 Å². The number of nitrogens with one attached hydrogen (secondary N) is 1. The van der Waals surface area contributed by atoms with E-state index in [0.29, 0.717) is 42.0 Å². The number of allylic oxidation sites excluding steroid dienone is 1. The van der Waals surface area contributed by atoms with Crippen molar-refractivity contribution in [2.24, 2.45) is 16.1 Å². The Morgan fingerprint density at radius 2 is 2.06 bits per heavy atom. The summed E-state index contributed by atoms with van der Waals surface area (Å²) in [4.78, 5) is 39.7. The molecule has 1 aliphatic heterocycles. The third kappa shape index (κ3) is 4.67. The van der Waals surface area contributed by atoms with Crippen molar-refractivity contribution in [2.45, 2.75) is 51.1 Å². The molecule has 9 nitrogen and oxygen atoms in total. The second-order valence-corrected chi connectivity index (χ2v) is 9.11. The van der Waals surface area contributed by atoms with Gasteiger partial charge in [0.1, 0.15) is 23.0 Å². The average Bonchev–Trinajstić information content (AvgIpc) is 3.23. The fourth-order valence-corrected chi connectivity index (χ4v) is 5.22. The van der Waals surface area contributed by atoms with Gasteiger partial charge >= 0.3 is 6.03 Å². The number of halogens is 1. The number of urea groups is 1. The number of imide groups is 1. The molecule has 10 heteroatoms. The standard InChI is InChI=1S/C26H31FN6O3/c1-3-26(27)10-5-4-9-25(26)11-13-33(23(25)34)24(35)32-22-7-6-20(17-31-22)36-19-8-12-30-21(14-19)18(15-28)16-29-2/h6-8,12,14-17H,3-5,9-11,13,28H2,1-2H3,(H,31,32,35). The van der Waals surface area contributed by atoms with Crippen LogP contribution in [0, 0.1) is 5.41 Å². The van der Waals surface area contributed by atoms with Gasteiger partial charge in [-0.2, -0.15) is 0 Å². The summed E-state index contributed by atoms with van der Waals surface area (Å²) < 4.78 is 21.5. The molecule has 2 aromatic heterocycles. The number of hydrogen-bond donors (Lipinski definition) is 2. The Labute approximate surface area is 209 Å². The van der Waals surface area contributed by atoms with Crippen LogP contribution in [0.5, 0.6) is 11.5 Å². The van der Waals surface area contributed by atoms with Gasteiger partial charge in [-0.1, -0.05) is 19.8 Å². The van der Waals surface area contributed by atoms with Gasteiger partial charge in [0.2, 0.25) is 5.91 Å². The third-order valence-corrected chi connectivity index (χ3v) is 7.19. The van der Waals surface area contributed by atoms with E-state index < -0.39 is 23.0 Å². The maximum atomic E-state index is 15.7. The van der Waals surface area contributed by atoms with Crippen molar-refractivity contribution in [3.63, 3.8) is 0 Å². The molecule has 2 unspecified atom stereocenters. The maximum Gasteiger partial charge on any atom is 0.329 e. The molecule has 1 saturated heterocycles. The van der Waals surface area contributed by atoms with Gasteiger partial charge < -0.3 is 10.5 Å². The van der Waals surface area contributed by atoms with E-state index in [0.717, 1.165) is 17.7 Å². The fraction of sp³-hybridized carbons (Fsp3) is 0.423. The first-order valence-corrected chi connectivity index (χ1v) is 12.1. The summed E-state index contributed by atoms with van der Waals surface area (Å²) in [6, 6.07) is 6.04. The predicted octanol–water partition coefficient (Wildman–Crippen LogP) is 4.71. The Morgan fingerprint density at radius 3 is 2.75 bits per heavy atom. The van der Waals surface area contributed by atoms with Crippen molar-refractivity contribution in [3.8, 4) is 11.5 Å². The number of aromatic nitrogens is 2. The van der Waals surface area contributed by atoms with Crippen LogP contribution in [-0.2, 0) is 4.79 Å². The minimum Gasteiger partial charge on any atom is -0.456 e. The van der Waals surface area contributed by atoms with Gasteiger partial charge in [-0.3, -0.25) is 25.0 Å². The molecule has 1 spiro atoms. The highest BCUT2D eigenvalue weighted by Crippen LogP contribution is 2.54. The highest BCUT2D eigenvalue weighted by molar-refractivity contribution is 6.08. The summed E-state index contributed by atoms with van der Waals surface area (Å²) in [5.74, 6) is 0.802. The van der Waals surface area contributed by atoms with Crippen LogP contribution in [0.2, 0.25) is 0 Å². The molecular weight excluding hydrogens is 463 g/mol. The van der Waals surface area contributed by atoms with E-state index in [1.54, 1.807) is 50.6 Å². The second-order valence-electron chi connectivity index (χ2n) is 9.11. The first-order valence-electron chi connectivity index (χ1n) is 12.1. The SMILES string of the molecule is CCC1(F)CCCCC12CCN(C(=O)Nc1ccc(Oc3ccnc(C(C=NC)=CN)c3)cn1)C2=O. The molecule has 1 aliphatic carbocycles. The van der Waals surface area contributed by atoms with Crippen molar-refractivity contribution < 1.29 is 18.7 Å². The number of likely N-dealkylation sites (tertiary alicyclic amines) is 1. The largest absolute Gasteiger partial charge is 0.456 e. The minimum absolute atomic E-state index is 0.198. The van der Waals surface area contributed by atoms with Crippen molar-refractivity contribution in [3.05, 3.63) is 48.6 Å². The molecule has 0 aromatic carbocycles. The topological polar surface area (TPSA) is 123 Å². The van der Waals surface area contributed by atoms with E-state index in [4.69, 9.17) is 10.5 Å². The number of anilines is 1. The Morgan fingerprint density at radius 1 is 1.25 bits per heavy atom. The molecule has 2 aliphatic rings. The summed E-state index contributed by atoms with van der Waals surface area (Å²) in [5, 5.41) is 2.65. The number of pyridine rings is 2. The van der Waals surface area contributed by atoms with Gasteiger partial charge in [-0.25, -0.2) is 14.2 Å². The van der Waals surface area contributed by atoms with Crippen LogP contribution >= 0.6 is 0 Å². The number of nitrogens with zero attached hydrogens (tertiary/aromatic N) is 4. The first kappa shape index (κ1) is 25.3. The zero-order valence-electron chi connectivity index (χ0n) is 20.5. The number of hydrogen-bond acceptors (Lipinski definition) is 7. The number of ether oxygens (including phenoxy) is 1. The third-order valence-electron chi connectivity index (χ3n) is 7.19. The Balaban J connectivity index is 1.41. The van der Waals surface area contributed by atoms with Crippen LogP contribution in [0.1, 0.15) is 51.1 Å². The van der Waals surface area contributed by atoms with Crippen LogP contribution in [0.3, 0.4) is 0 Å². The summed E-state index contributed by atoms with van der Waals surface area (Å²) >= 11 is 0. The number of nitrogens with two attached hydrogens (primary N) is 1. The Kier molecular flexibility index (Phi) is 7.32. The van der Waals surface area contributed by atoms with E-state index in [9.17, 15) is 9.59 Å². The Bertz CT molecular complexity index is 1180. The normalized spacial score (nSPS) is 24.5. The number of alkyl halides is 1. The average molecular weight is 495 g/mol. The highest BCUT2D eigenvalue weighted by Gasteiger charge is 2.62. The molecule has 36 heavy (non-hydrogen) atoms. The van der Waals surface area contributed by atoms with Gasteiger partial charge in [0.05, 0.1) is 17.3 Å². The first-order chi connectivity index (χ1) is 17.4. The van der Waals surface area contributed by atoms with Crippen molar-refractivity contribution in [1.29, 1.82) is 0 Å². The lowest BCUT2D eigenvalue weighted by atomic mass is 9.62. The van der Waals surface area contributed by atoms with Gasteiger partial charge in [0, 0.05) is 43.8 Å². The lowest BCUT2D eigenvalue weighted by Crippen LogP contribution is -2.53. The van der Waals surface area contributed by atoms with Crippen molar-refractivity contribution in [1.82, 2.24) is 14.9 Å². The van der Waals surface area contributed by atoms with Crippen LogP contribution in [-0.4, -0.2) is 52.3 Å². The second kappa shape index (κ2) is 10.4. The monoisotopic (exact) mass is 494 g/mol. The molecule has 3 amide bonds. The lowest BCUT2D eigenvalue weighted by molar-refractivity contribution is -0.147. The number of rotatable bonds is 6. The van der Waals surface area contributed by atoms with Gasteiger partial charge in [0.15, 0.2) is 0 Å². The summed E-state index contributed by atoms with van der Waals surface area (Å²) in [6.45, 7) is 1.97. The molecule has 2 aromatic rings. The van der Waals surface area contributed by atoms with E-state index >= 15 is 4.39 Å². The predicted molar refractivity (Wildman–Crippen MR) is 136 cm³/mol. The number of amides is 3. The van der Waals surface area contributed by atoms with Crippen LogP contribution < -0.4 is 15.8 Å². The van der Waals surface area contributed by atoms with Gasteiger partial charge in [0.25, 0.3) is 0 Å². The van der Waals surface area contributed by atoms with E-state index in [1.807, 2.05) is 0 Å². The smallest absolute Gasteiger partial charge is 0.329 e. The van der Waals surface area contributed by atoms with Crippen LogP contribution in [0.4, 0.5) is 15.0 Å². The van der Waals surface area contributed by atoms with Crippen LogP contribution in [0.25, 0.3) is 5.57 Å². The zero-order valence-corrected chi connectivity index (χ0v) is 20.5. The molecule has 190 valence electrons. The summed E-state index contributed by atoms with van der Waals surface area (Å²) in [5.41, 5.74) is 4.22. The Hall–Kier alpha value is -3.82. The summed E-state index contributed by atoms with van der Waals surface area (Å²) in [7, 11) is 1.64. The molecule has 3 heterocycles. The molecule has 0 bridgehead atoms. The molecule has 2 fully saturated rings. The molecule has 1 saturated carbocycles. The fourth-order valence-electron chi connectivity index (χ4n) is 5.22. The summed E-state index contributed by atoms with van der Waals surface area (Å²) in [6.07, 6.45) is 9.09. The molecule has 4 rings (SSSR count). The minimum atomic E-state index is -1.56. The number of carbonyl (C=O) groups excluding carboxylic acids is 2. The van der Waals surface area contributed by atoms with Gasteiger partial charge in [-0.05, 0) is 43.9 Å². The van der Waals surface area contributed by atoms with E-state index in [-0.39, 0.29) is 18.8 Å². The molecule has 3 N–H and O–H groups in total. The van der Waals surface area contributed by atoms with E-state index in [2.05, 4.69) is 20.3 Å². The zero-order chi connectivity index (χ0) is 25.8. The number of carbonyl (C=O) groups is 2. The van der Waals surface area contributed by atoms with E-state index in [1.165, 1.54) is 12.4 Å². The molecular formula is C26H31FN6O3. The number of aliphatic imine (C=N–C) groups is 1. The van der Waals surface area contributed by atoms with Crippen molar-refractivity contribution in [2.75, 3.05) is 18.9 Å². The quantitative estimate of drug-likeness (QED) is 0.561.